The fraction of sp³-hybridized carbons (Fsp3) is 0.462. The molecule has 0 atom stereocenters. The van der Waals surface area contributed by atoms with Crippen molar-refractivity contribution in [3.05, 3.63) is 18.2 Å². The van der Waals surface area contributed by atoms with E-state index < -0.39 is 0 Å². The number of carbonyl (C=O) groups is 1. The second kappa shape index (κ2) is 6.56. The average molecular weight is 281 g/mol. The molecule has 1 aromatic carbocycles. The minimum Gasteiger partial charge on any atom is -0.449 e. The lowest BCUT2D eigenvalue weighted by Crippen LogP contribution is -2.31. The van der Waals surface area contributed by atoms with Crippen LogP contribution in [0.15, 0.2) is 23.1 Å². The Morgan fingerprint density at radius 3 is 3.21 bits per heavy atom. The van der Waals surface area contributed by atoms with Crippen molar-refractivity contribution in [2.75, 3.05) is 43.1 Å². The van der Waals surface area contributed by atoms with E-state index in [4.69, 9.17) is 10.5 Å². The lowest BCUT2D eigenvalue weighted by atomic mass is 10.2. The number of nitrogens with one attached hydrogen (secondary N) is 1. The second-order valence-electron chi connectivity index (χ2n) is 4.30. The Kier molecular flexibility index (Phi) is 4.79. The van der Waals surface area contributed by atoms with Crippen LogP contribution in [0.1, 0.15) is 6.42 Å². The first kappa shape index (κ1) is 13.9. The summed E-state index contributed by atoms with van der Waals surface area (Å²) in [5.74, 6) is 1.06. The standard InChI is InChI=1S/C13H19N3O2S/c1-15-13(17)18-7-2-5-16-6-8-19-12-9-10(14)3-4-11(12)16/h3-4,9H,2,5-8,14H2,1H3,(H,15,17). The van der Waals surface area contributed by atoms with Crippen LogP contribution in [0.25, 0.3) is 0 Å². The first-order valence-corrected chi connectivity index (χ1v) is 7.31. The van der Waals surface area contributed by atoms with Gasteiger partial charge in [0.1, 0.15) is 0 Å². The third-order valence-electron chi connectivity index (χ3n) is 2.95. The first-order chi connectivity index (χ1) is 9.20. The van der Waals surface area contributed by atoms with Crippen molar-refractivity contribution in [1.29, 1.82) is 0 Å². The molecule has 0 aliphatic carbocycles. The number of anilines is 2. The summed E-state index contributed by atoms with van der Waals surface area (Å²) < 4.78 is 4.99. The number of nitrogen functional groups attached to an aromatic ring is 1. The van der Waals surface area contributed by atoms with E-state index >= 15 is 0 Å². The predicted octanol–water partition coefficient (Wildman–Crippen LogP) is 1.93. The van der Waals surface area contributed by atoms with Crippen LogP contribution in [0.3, 0.4) is 0 Å². The van der Waals surface area contributed by atoms with Gasteiger partial charge in [-0.25, -0.2) is 4.79 Å². The summed E-state index contributed by atoms with van der Waals surface area (Å²) in [6.07, 6.45) is 0.449. The number of rotatable bonds is 4. The Hall–Kier alpha value is -1.56. The molecular formula is C13H19N3O2S. The highest BCUT2D eigenvalue weighted by Crippen LogP contribution is 2.35. The molecule has 0 saturated heterocycles. The second-order valence-corrected chi connectivity index (χ2v) is 5.44. The van der Waals surface area contributed by atoms with Gasteiger partial charge in [-0.05, 0) is 24.6 Å². The molecule has 6 heteroatoms. The van der Waals surface area contributed by atoms with Crippen LogP contribution in [0, 0.1) is 0 Å². The van der Waals surface area contributed by atoms with Gasteiger partial charge < -0.3 is 20.7 Å². The minimum atomic E-state index is -0.373. The quantitative estimate of drug-likeness (QED) is 0.652. The molecule has 0 saturated carbocycles. The number of benzene rings is 1. The fourth-order valence-electron chi connectivity index (χ4n) is 2.02. The van der Waals surface area contributed by atoms with E-state index in [1.54, 1.807) is 7.05 Å². The van der Waals surface area contributed by atoms with Crippen LogP contribution < -0.4 is 16.0 Å². The van der Waals surface area contributed by atoms with Crippen molar-refractivity contribution in [2.45, 2.75) is 11.3 Å². The molecule has 1 amide bonds. The molecule has 1 aromatic rings. The summed E-state index contributed by atoms with van der Waals surface area (Å²) in [7, 11) is 1.56. The van der Waals surface area contributed by atoms with E-state index in [2.05, 4.69) is 16.3 Å². The molecule has 0 spiro atoms. The van der Waals surface area contributed by atoms with Gasteiger partial charge in [0.05, 0.1) is 12.3 Å². The molecule has 0 unspecified atom stereocenters. The highest BCUT2D eigenvalue weighted by molar-refractivity contribution is 7.99. The van der Waals surface area contributed by atoms with E-state index in [-0.39, 0.29) is 6.09 Å². The molecule has 1 heterocycles. The molecule has 104 valence electrons. The van der Waals surface area contributed by atoms with Gasteiger partial charge in [0.2, 0.25) is 0 Å². The zero-order chi connectivity index (χ0) is 13.7. The van der Waals surface area contributed by atoms with Crippen molar-refractivity contribution >= 4 is 29.2 Å². The zero-order valence-electron chi connectivity index (χ0n) is 11.0. The summed E-state index contributed by atoms with van der Waals surface area (Å²) in [4.78, 5) is 14.5. The monoisotopic (exact) mass is 281 g/mol. The van der Waals surface area contributed by atoms with Crippen LogP contribution in [0.5, 0.6) is 0 Å². The first-order valence-electron chi connectivity index (χ1n) is 6.32. The van der Waals surface area contributed by atoms with Crippen molar-refractivity contribution < 1.29 is 9.53 Å². The summed E-state index contributed by atoms with van der Waals surface area (Å²) in [5, 5.41) is 2.43. The molecule has 1 aliphatic heterocycles. The molecular weight excluding hydrogens is 262 g/mol. The number of fused-ring (bicyclic) bond motifs is 1. The number of ether oxygens (including phenoxy) is 1. The van der Waals surface area contributed by atoms with Crippen LogP contribution in [0.2, 0.25) is 0 Å². The Morgan fingerprint density at radius 2 is 2.42 bits per heavy atom. The van der Waals surface area contributed by atoms with Gasteiger partial charge in [0.15, 0.2) is 0 Å². The van der Waals surface area contributed by atoms with Crippen molar-refractivity contribution in [1.82, 2.24) is 5.32 Å². The molecule has 2 rings (SSSR count). The van der Waals surface area contributed by atoms with Crippen LogP contribution >= 0.6 is 11.8 Å². The number of amides is 1. The van der Waals surface area contributed by atoms with Crippen molar-refractivity contribution in [3.8, 4) is 0 Å². The topological polar surface area (TPSA) is 67.6 Å². The number of alkyl carbamates (subject to hydrolysis) is 1. The Balaban J connectivity index is 1.87. The highest BCUT2D eigenvalue weighted by atomic mass is 32.2. The lowest BCUT2D eigenvalue weighted by Gasteiger charge is -2.31. The van der Waals surface area contributed by atoms with E-state index in [1.807, 2.05) is 23.9 Å². The predicted molar refractivity (Wildman–Crippen MR) is 78.8 cm³/mol. The van der Waals surface area contributed by atoms with Crippen LogP contribution in [-0.2, 0) is 4.74 Å². The van der Waals surface area contributed by atoms with E-state index in [0.29, 0.717) is 6.61 Å². The Bertz CT molecular complexity index is 454. The van der Waals surface area contributed by atoms with Gasteiger partial charge in [0.25, 0.3) is 0 Å². The number of thioether (sulfide) groups is 1. The van der Waals surface area contributed by atoms with E-state index in [0.717, 1.165) is 31.0 Å². The normalized spacial score (nSPS) is 13.8. The molecule has 0 bridgehead atoms. The third kappa shape index (κ3) is 3.70. The molecule has 0 radical (unpaired) electrons. The largest absolute Gasteiger partial charge is 0.449 e. The number of nitrogens with zero attached hydrogens (tertiary/aromatic N) is 1. The minimum absolute atomic E-state index is 0.373. The maximum atomic E-state index is 10.9. The van der Waals surface area contributed by atoms with Gasteiger partial charge in [-0.1, -0.05) is 0 Å². The molecule has 1 aliphatic rings. The van der Waals surface area contributed by atoms with Gasteiger partial charge in [-0.15, -0.1) is 11.8 Å². The number of hydrogen-bond donors (Lipinski definition) is 2. The number of hydrogen-bond acceptors (Lipinski definition) is 5. The Morgan fingerprint density at radius 1 is 1.58 bits per heavy atom. The van der Waals surface area contributed by atoms with Gasteiger partial charge >= 0.3 is 6.09 Å². The van der Waals surface area contributed by atoms with Crippen LogP contribution in [-0.4, -0.2) is 38.6 Å². The maximum Gasteiger partial charge on any atom is 0.406 e. The highest BCUT2D eigenvalue weighted by Gasteiger charge is 2.17. The summed E-state index contributed by atoms with van der Waals surface area (Å²) in [6.45, 7) is 2.34. The zero-order valence-corrected chi connectivity index (χ0v) is 11.8. The SMILES string of the molecule is CNC(=O)OCCCN1CCSc2cc(N)ccc21. The third-order valence-corrected chi connectivity index (χ3v) is 3.98. The smallest absolute Gasteiger partial charge is 0.406 e. The number of carbonyl (C=O) groups excluding carboxylic acids is 1. The average Bonchev–Trinajstić information content (AvgIpc) is 2.42. The van der Waals surface area contributed by atoms with Crippen molar-refractivity contribution in [3.63, 3.8) is 0 Å². The summed E-state index contributed by atoms with van der Waals surface area (Å²) >= 11 is 1.84. The summed E-state index contributed by atoms with van der Waals surface area (Å²) in [6, 6.07) is 6.02. The maximum absolute atomic E-state index is 10.9. The Labute approximate surface area is 117 Å². The molecule has 0 aromatic heterocycles. The van der Waals surface area contributed by atoms with E-state index in [1.165, 1.54) is 10.6 Å². The number of nitrogens with two attached hydrogens (primary N) is 1. The molecule has 3 N–H and O–H groups in total. The fourth-order valence-corrected chi connectivity index (χ4v) is 3.11. The molecule has 19 heavy (non-hydrogen) atoms. The van der Waals surface area contributed by atoms with Crippen molar-refractivity contribution in [2.24, 2.45) is 0 Å². The molecule has 0 fully saturated rings. The van der Waals surface area contributed by atoms with Gasteiger partial charge in [-0.3, -0.25) is 0 Å². The van der Waals surface area contributed by atoms with Gasteiger partial charge in [-0.2, -0.15) is 0 Å². The lowest BCUT2D eigenvalue weighted by molar-refractivity contribution is 0.147. The van der Waals surface area contributed by atoms with Gasteiger partial charge in [0, 0.05) is 36.5 Å². The summed E-state index contributed by atoms with van der Waals surface area (Å²) in [5.41, 5.74) is 7.83. The molecule has 5 nitrogen and oxygen atoms in total. The van der Waals surface area contributed by atoms with Crippen LogP contribution in [0.4, 0.5) is 16.2 Å². The van der Waals surface area contributed by atoms with E-state index in [9.17, 15) is 4.79 Å².